The molecule has 0 saturated carbocycles. The van der Waals surface area contributed by atoms with Gasteiger partial charge in [0.2, 0.25) is 0 Å². The summed E-state index contributed by atoms with van der Waals surface area (Å²) in [5, 5.41) is 0. The van der Waals surface area contributed by atoms with Crippen LogP contribution < -0.4 is 23.8 Å². The summed E-state index contributed by atoms with van der Waals surface area (Å²) in [6, 6.07) is 26.5. The lowest BCUT2D eigenvalue weighted by Crippen LogP contribution is -3.05. The SMILES string of the molecule is CN(C)CCCN(C)c1ccc(/C=C/c2cc[n+](CCSSCC[n+]3ccc(/C=C/c4ccc(N(C)CCC[NH+](C)C)cc4)cc3)cc2)cc1. The molecular weight excluding hydrogens is 653 g/mol. The molecule has 2 heterocycles. The van der Waals surface area contributed by atoms with Gasteiger partial charge in [-0.2, -0.15) is 0 Å². The highest BCUT2D eigenvalue weighted by molar-refractivity contribution is 8.76. The second kappa shape index (κ2) is 21.6. The van der Waals surface area contributed by atoms with Crippen LogP contribution in [-0.4, -0.2) is 84.9 Å². The average molecular weight is 712 g/mol. The first-order valence-electron chi connectivity index (χ1n) is 17.9. The number of rotatable bonds is 21. The van der Waals surface area contributed by atoms with Crippen LogP contribution in [0.25, 0.3) is 24.3 Å². The molecule has 0 aliphatic carbocycles. The molecule has 0 atom stereocenters. The summed E-state index contributed by atoms with van der Waals surface area (Å²) in [4.78, 5) is 8.41. The molecule has 0 radical (unpaired) electrons. The lowest BCUT2D eigenvalue weighted by molar-refractivity contribution is -0.858. The van der Waals surface area contributed by atoms with Crippen molar-refractivity contribution in [3.63, 3.8) is 0 Å². The number of nitrogens with zero attached hydrogens (tertiary/aromatic N) is 5. The van der Waals surface area contributed by atoms with Crippen LogP contribution in [0.2, 0.25) is 0 Å². The Morgan fingerprint density at radius 3 is 1.28 bits per heavy atom. The summed E-state index contributed by atoms with van der Waals surface area (Å²) in [5.74, 6) is 2.17. The van der Waals surface area contributed by atoms with Gasteiger partial charge in [-0.05, 0) is 73.6 Å². The summed E-state index contributed by atoms with van der Waals surface area (Å²) in [5.41, 5.74) is 7.43. The molecule has 4 aromatic rings. The Hall–Kier alpha value is -3.56. The Balaban J connectivity index is 1.09. The monoisotopic (exact) mass is 711 g/mol. The van der Waals surface area contributed by atoms with Gasteiger partial charge in [-0.1, -0.05) is 70.2 Å². The van der Waals surface area contributed by atoms with Crippen LogP contribution >= 0.6 is 21.6 Å². The molecule has 0 aliphatic rings. The first kappa shape index (κ1) is 39.2. The molecule has 2 aromatic carbocycles. The van der Waals surface area contributed by atoms with E-state index >= 15 is 0 Å². The minimum absolute atomic E-state index is 1.01. The summed E-state index contributed by atoms with van der Waals surface area (Å²) in [7, 11) is 16.9. The first-order valence-corrected chi connectivity index (χ1v) is 20.4. The van der Waals surface area contributed by atoms with Crippen LogP contribution in [0, 0.1) is 0 Å². The van der Waals surface area contributed by atoms with Crippen molar-refractivity contribution < 1.29 is 14.0 Å². The van der Waals surface area contributed by atoms with Crippen molar-refractivity contribution >= 4 is 57.3 Å². The van der Waals surface area contributed by atoms with Crippen molar-refractivity contribution in [3.05, 3.63) is 120 Å². The molecule has 50 heavy (non-hydrogen) atoms. The number of hydrogen-bond acceptors (Lipinski definition) is 5. The number of hydrogen-bond donors (Lipinski definition) is 1. The number of aromatic nitrogens is 2. The van der Waals surface area contributed by atoms with Crippen molar-refractivity contribution in [2.24, 2.45) is 0 Å². The van der Waals surface area contributed by atoms with E-state index in [1.165, 1.54) is 51.5 Å². The Morgan fingerprint density at radius 1 is 0.520 bits per heavy atom. The molecule has 0 fully saturated rings. The largest absolute Gasteiger partial charge is 0.375 e. The summed E-state index contributed by atoms with van der Waals surface area (Å²) < 4.78 is 4.54. The van der Waals surface area contributed by atoms with Gasteiger partial charge in [0, 0.05) is 69.2 Å². The maximum Gasteiger partial charge on any atom is 0.169 e. The lowest BCUT2D eigenvalue weighted by atomic mass is 10.1. The zero-order valence-corrected chi connectivity index (χ0v) is 32.8. The van der Waals surface area contributed by atoms with Gasteiger partial charge in [-0.3, -0.25) is 0 Å². The molecule has 0 saturated heterocycles. The van der Waals surface area contributed by atoms with Crippen molar-refractivity contribution in [3.8, 4) is 0 Å². The second-order valence-corrected chi connectivity index (χ2v) is 16.2. The lowest BCUT2D eigenvalue weighted by Gasteiger charge is -2.20. The minimum Gasteiger partial charge on any atom is -0.375 e. The molecular formula is C42H59N6S2+3. The smallest absolute Gasteiger partial charge is 0.169 e. The highest BCUT2D eigenvalue weighted by atomic mass is 33.1. The van der Waals surface area contributed by atoms with Gasteiger partial charge in [0.05, 0.1) is 32.1 Å². The van der Waals surface area contributed by atoms with Crippen LogP contribution in [0.1, 0.15) is 35.1 Å². The number of pyridine rings is 2. The Bertz CT molecular complexity index is 1450. The summed E-state index contributed by atoms with van der Waals surface area (Å²) >= 11 is 0. The molecule has 0 bridgehead atoms. The highest BCUT2D eigenvalue weighted by Gasteiger charge is 2.05. The molecule has 0 spiro atoms. The molecule has 4 rings (SSSR count). The summed E-state index contributed by atoms with van der Waals surface area (Å²) in [6.45, 7) is 6.48. The normalized spacial score (nSPS) is 11.8. The Labute approximate surface area is 310 Å². The number of aryl methyl sites for hydroxylation is 2. The van der Waals surface area contributed by atoms with Crippen molar-refractivity contribution in [1.82, 2.24) is 4.90 Å². The third kappa shape index (κ3) is 14.7. The zero-order valence-electron chi connectivity index (χ0n) is 31.2. The van der Waals surface area contributed by atoms with E-state index in [2.05, 4.69) is 188 Å². The van der Waals surface area contributed by atoms with Gasteiger partial charge in [-0.15, -0.1) is 0 Å². The third-order valence-electron chi connectivity index (χ3n) is 8.66. The number of quaternary nitrogens is 1. The zero-order chi connectivity index (χ0) is 35.6. The van der Waals surface area contributed by atoms with E-state index in [1.807, 2.05) is 21.6 Å². The minimum atomic E-state index is 1.01. The van der Waals surface area contributed by atoms with Crippen molar-refractivity contribution in [1.29, 1.82) is 0 Å². The second-order valence-electron chi connectivity index (χ2n) is 13.5. The third-order valence-corrected chi connectivity index (χ3v) is 11.0. The van der Waals surface area contributed by atoms with E-state index in [4.69, 9.17) is 0 Å². The van der Waals surface area contributed by atoms with Gasteiger partial charge in [-0.25, -0.2) is 9.13 Å². The van der Waals surface area contributed by atoms with E-state index in [9.17, 15) is 0 Å². The number of nitrogens with one attached hydrogen (secondary N) is 1. The molecule has 0 aliphatic heterocycles. The fourth-order valence-electron chi connectivity index (χ4n) is 5.48. The maximum atomic E-state index is 2.34. The molecule has 266 valence electrons. The topological polar surface area (TPSA) is 21.9 Å². The maximum absolute atomic E-state index is 2.34. The van der Waals surface area contributed by atoms with Crippen LogP contribution in [0.4, 0.5) is 11.4 Å². The fraction of sp³-hybridized carbons (Fsp3) is 0.381. The van der Waals surface area contributed by atoms with Gasteiger partial charge in [0.15, 0.2) is 37.9 Å². The Kier molecular flexibility index (Phi) is 17.0. The van der Waals surface area contributed by atoms with E-state index in [0.29, 0.717) is 0 Å². The molecule has 6 nitrogen and oxygen atoms in total. The quantitative estimate of drug-likeness (QED) is 0.0645. The van der Waals surface area contributed by atoms with Crippen LogP contribution in [0.15, 0.2) is 97.6 Å². The molecule has 1 N–H and O–H groups in total. The van der Waals surface area contributed by atoms with Gasteiger partial charge >= 0.3 is 0 Å². The first-order chi connectivity index (χ1) is 24.2. The highest BCUT2D eigenvalue weighted by Crippen LogP contribution is 2.20. The summed E-state index contributed by atoms with van der Waals surface area (Å²) in [6.07, 6.45) is 19.9. The van der Waals surface area contributed by atoms with E-state index < -0.39 is 0 Å². The van der Waals surface area contributed by atoms with E-state index in [0.717, 1.165) is 50.7 Å². The predicted molar refractivity (Wildman–Crippen MR) is 221 cm³/mol. The fourth-order valence-corrected chi connectivity index (χ4v) is 7.44. The molecule has 0 amide bonds. The van der Waals surface area contributed by atoms with Crippen molar-refractivity contribution in [2.45, 2.75) is 25.9 Å². The average Bonchev–Trinajstić information content (AvgIpc) is 3.12. The molecule has 8 heteroatoms. The number of anilines is 2. The van der Waals surface area contributed by atoms with E-state index in [-0.39, 0.29) is 0 Å². The van der Waals surface area contributed by atoms with Crippen molar-refractivity contribution in [2.75, 3.05) is 89.8 Å². The number of benzene rings is 2. The molecule has 2 aromatic heterocycles. The van der Waals surface area contributed by atoms with Gasteiger partial charge < -0.3 is 19.6 Å². The Morgan fingerprint density at radius 2 is 0.900 bits per heavy atom. The molecule has 0 unspecified atom stereocenters. The van der Waals surface area contributed by atoms with Gasteiger partial charge in [0.25, 0.3) is 0 Å². The standard InChI is InChI=1S/C42H58N6S2/c1-43(2)25-7-27-45(5)41-17-13-37(14-18-41)9-11-39-21-29-47(30-22-39)33-35-49-50-36-34-48-31-23-40(24-32-48)12-10-38-15-19-42(20-16-38)46(6)28-8-26-44(3)4/h9-24,29-32H,7-8,25-28,33-36H2,1-6H3/q+2/p+1. The van der Waals surface area contributed by atoms with Gasteiger partial charge in [0.1, 0.15) is 0 Å². The van der Waals surface area contributed by atoms with Crippen LogP contribution in [0.3, 0.4) is 0 Å². The van der Waals surface area contributed by atoms with E-state index in [1.54, 1.807) is 0 Å². The van der Waals surface area contributed by atoms with Crippen LogP contribution in [0.5, 0.6) is 0 Å². The predicted octanol–water partition coefficient (Wildman–Crippen LogP) is 6.04. The van der Waals surface area contributed by atoms with Crippen LogP contribution in [-0.2, 0) is 13.1 Å².